The molecule has 2 rings (SSSR count). The Balaban J connectivity index is 1.73. The first kappa shape index (κ1) is 17.7. The largest absolute Gasteiger partial charge is 0.497 e. The summed E-state index contributed by atoms with van der Waals surface area (Å²) in [5, 5.41) is 0. The third-order valence-electron chi connectivity index (χ3n) is 3.23. The van der Waals surface area contributed by atoms with Gasteiger partial charge in [0.05, 0.1) is 20.3 Å². The average molecular weight is 330 g/mol. The zero-order chi connectivity index (χ0) is 17.2. The molecule has 0 unspecified atom stereocenters. The van der Waals surface area contributed by atoms with E-state index in [1.807, 2.05) is 37.3 Å². The Hall–Kier alpha value is -2.69. The molecule has 24 heavy (non-hydrogen) atoms. The van der Waals surface area contributed by atoms with Gasteiger partial charge in [-0.1, -0.05) is 12.1 Å². The van der Waals surface area contributed by atoms with Crippen LogP contribution in [-0.4, -0.2) is 26.3 Å². The highest BCUT2D eigenvalue weighted by molar-refractivity contribution is 5.73. The molecule has 2 aromatic rings. The van der Waals surface area contributed by atoms with E-state index in [1.54, 1.807) is 25.3 Å². The fraction of sp³-hybridized carbons (Fsp3) is 0.316. The number of hydrogen-bond donors (Lipinski definition) is 0. The lowest BCUT2D eigenvalue weighted by Gasteiger charge is -2.10. The predicted molar refractivity (Wildman–Crippen MR) is 91.0 cm³/mol. The molecule has 0 aliphatic heterocycles. The van der Waals surface area contributed by atoms with Crippen LogP contribution in [0.4, 0.5) is 0 Å². The van der Waals surface area contributed by atoms with Crippen LogP contribution in [0.3, 0.4) is 0 Å². The van der Waals surface area contributed by atoms with Crippen molar-refractivity contribution in [3.8, 4) is 23.0 Å². The molecular formula is C19H22O5. The summed E-state index contributed by atoms with van der Waals surface area (Å²) < 4.78 is 21.4. The van der Waals surface area contributed by atoms with Crippen LogP contribution in [0.1, 0.15) is 19.8 Å². The molecule has 0 N–H and O–H groups in total. The summed E-state index contributed by atoms with van der Waals surface area (Å²) in [6, 6.07) is 14.5. The van der Waals surface area contributed by atoms with Crippen molar-refractivity contribution >= 4 is 5.97 Å². The lowest BCUT2D eigenvalue weighted by molar-refractivity contribution is -0.134. The summed E-state index contributed by atoms with van der Waals surface area (Å²) in [5.74, 6) is 2.23. The SMILES string of the molecule is CCOc1ccccc1OC(=O)CCCOc1ccc(OC)cc1. The molecule has 5 heteroatoms. The molecule has 128 valence electrons. The fourth-order valence-corrected chi connectivity index (χ4v) is 2.06. The number of ether oxygens (including phenoxy) is 4. The van der Waals surface area contributed by atoms with Gasteiger partial charge in [-0.3, -0.25) is 4.79 Å². The number of benzene rings is 2. The van der Waals surface area contributed by atoms with E-state index in [9.17, 15) is 4.79 Å². The standard InChI is InChI=1S/C19H22O5/c1-3-22-17-7-4-5-8-18(17)24-19(20)9-6-14-23-16-12-10-15(21-2)11-13-16/h4-5,7-8,10-13H,3,6,9,14H2,1-2H3. The molecule has 0 atom stereocenters. The smallest absolute Gasteiger partial charge is 0.311 e. The first-order valence-corrected chi connectivity index (χ1v) is 7.92. The summed E-state index contributed by atoms with van der Waals surface area (Å²) >= 11 is 0. The Morgan fingerprint density at radius 2 is 1.58 bits per heavy atom. The molecule has 0 radical (unpaired) electrons. The van der Waals surface area contributed by atoms with Gasteiger partial charge in [0.1, 0.15) is 11.5 Å². The van der Waals surface area contributed by atoms with Crippen molar-refractivity contribution < 1.29 is 23.7 Å². The Kier molecular flexibility index (Phi) is 6.95. The highest BCUT2D eigenvalue weighted by atomic mass is 16.6. The molecule has 0 fully saturated rings. The summed E-state index contributed by atoms with van der Waals surface area (Å²) in [4.78, 5) is 11.9. The van der Waals surface area contributed by atoms with Crippen LogP contribution in [0, 0.1) is 0 Å². The van der Waals surface area contributed by atoms with Gasteiger partial charge in [0, 0.05) is 6.42 Å². The van der Waals surface area contributed by atoms with E-state index < -0.39 is 0 Å². The van der Waals surface area contributed by atoms with Crippen LogP contribution in [0.25, 0.3) is 0 Å². The maximum atomic E-state index is 11.9. The summed E-state index contributed by atoms with van der Waals surface area (Å²) in [7, 11) is 1.62. The average Bonchev–Trinajstić information content (AvgIpc) is 2.61. The van der Waals surface area contributed by atoms with Crippen molar-refractivity contribution in [3.63, 3.8) is 0 Å². The number of carbonyl (C=O) groups is 1. The minimum atomic E-state index is -0.305. The highest BCUT2D eigenvalue weighted by Crippen LogP contribution is 2.26. The second-order valence-corrected chi connectivity index (χ2v) is 4.98. The zero-order valence-electron chi connectivity index (χ0n) is 14.0. The normalized spacial score (nSPS) is 10.1. The Morgan fingerprint density at radius 1 is 0.917 bits per heavy atom. The number of carbonyl (C=O) groups excluding carboxylic acids is 1. The van der Waals surface area contributed by atoms with Gasteiger partial charge in [0.25, 0.3) is 0 Å². The third-order valence-corrected chi connectivity index (χ3v) is 3.23. The number of methoxy groups -OCH3 is 1. The fourth-order valence-electron chi connectivity index (χ4n) is 2.06. The molecule has 0 aliphatic rings. The van der Waals surface area contributed by atoms with Crippen LogP contribution < -0.4 is 18.9 Å². The number of para-hydroxylation sites is 2. The molecule has 0 saturated heterocycles. The van der Waals surface area contributed by atoms with Gasteiger partial charge in [-0.05, 0) is 49.7 Å². The Morgan fingerprint density at radius 3 is 2.25 bits per heavy atom. The van der Waals surface area contributed by atoms with E-state index >= 15 is 0 Å². The third kappa shape index (κ3) is 5.50. The van der Waals surface area contributed by atoms with Gasteiger partial charge in [-0.25, -0.2) is 0 Å². The molecule has 0 aromatic heterocycles. The number of hydrogen-bond acceptors (Lipinski definition) is 5. The maximum Gasteiger partial charge on any atom is 0.311 e. The van der Waals surface area contributed by atoms with Crippen LogP contribution in [-0.2, 0) is 4.79 Å². The second-order valence-electron chi connectivity index (χ2n) is 4.98. The van der Waals surface area contributed by atoms with Gasteiger partial charge < -0.3 is 18.9 Å². The van der Waals surface area contributed by atoms with Crippen molar-refractivity contribution in [1.29, 1.82) is 0 Å². The molecule has 0 heterocycles. The van der Waals surface area contributed by atoms with Gasteiger partial charge >= 0.3 is 5.97 Å². The quantitative estimate of drug-likeness (QED) is 0.397. The van der Waals surface area contributed by atoms with Gasteiger partial charge in [-0.2, -0.15) is 0 Å². The minimum Gasteiger partial charge on any atom is -0.497 e. The Labute approximate surface area is 142 Å². The minimum absolute atomic E-state index is 0.274. The van der Waals surface area contributed by atoms with Gasteiger partial charge in [0.15, 0.2) is 11.5 Å². The van der Waals surface area contributed by atoms with Crippen molar-refractivity contribution in [2.45, 2.75) is 19.8 Å². The summed E-state index contributed by atoms with van der Waals surface area (Å²) in [6.07, 6.45) is 0.846. The molecule has 0 amide bonds. The van der Waals surface area contributed by atoms with E-state index in [0.717, 1.165) is 11.5 Å². The summed E-state index contributed by atoms with van der Waals surface area (Å²) in [6.45, 7) is 2.84. The first-order valence-electron chi connectivity index (χ1n) is 7.92. The van der Waals surface area contributed by atoms with Crippen molar-refractivity contribution in [3.05, 3.63) is 48.5 Å². The summed E-state index contributed by atoms with van der Waals surface area (Å²) in [5.41, 5.74) is 0. The molecular weight excluding hydrogens is 308 g/mol. The van der Waals surface area contributed by atoms with Crippen molar-refractivity contribution in [1.82, 2.24) is 0 Å². The van der Waals surface area contributed by atoms with Crippen LogP contribution in [0.2, 0.25) is 0 Å². The van der Waals surface area contributed by atoms with Crippen LogP contribution in [0.15, 0.2) is 48.5 Å². The van der Waals surface area contributed by atoms with Crippen molar-refractivity contribution in [2.75, 3.05) is 20.3 Å². The maximum absolute atomic E-state index is 11.9. The first-order chi connectivity index (χ1) is 11.7. The van der Waals surface area contributed by atoms with E-state index in [4.69, 9.17) is 18.9 Å². The van der Waals surface area contributed by atoms with Crippen LogP contribution in [0.5, 0.6) is 23.0 Å². The number of rotatable bonds is 9. The molecule has 2 aromatic carbocycles. The Bertz CT molecular complexity index is 636. The highest BCUT2D eigenvalue weighted by Gasteiger charge is 2.09. The van der Waals surface area contributed by atoms with E-state index in [0.29, 0.717) is 31.1 Å². The van der Waals surface area contributed by atoms with E-state index in [1.165, 1.54) is 0 Å². The molecule has 0 bridgehead atoms. The van der Waals surface area contributed by atoms with E-state index in [-0.39, 0.29) is 12.4 Å². The van der Waals surface area contributed by atoms with Gasteiger partial charge in [-0.15, -0.1) is 0 Å². The van der Waals surface area contributed by atoms with Crippen molar-refractivity contribution in [2.24, 2.45) is 0 Å². The van der Waals surface area contributed by atoms with Gasteiger partial charge in [0.2, 0.25) is 0 Å². The monoisotopic (exact) mass is 330 g/mol. The molecule has 0 spiro atoms. The lowest BCUT2D eigenvalue weighted by Crippen LogP contribution is -2.10. The lowest BCUT2D eigenvalue weighted by atomic mass is 10.3. The number of esters is 1. The zero-order valence-corrected chi connectivity index (χ0v) is 14.0. The topological polar surface area (TPSA) is 54.0 Å². The second kappa shape index (κ2) is 9.45. The molecule has 0 saturated carbocycles. The van der Waals surface area contributed by atoms with E-state index in [2.05, 4.69) is 0 Å². The predicted octanol–water partition coefficient (Wildman–Crippen LogP) is 3.86. The van der Waals surface area contributed by atoms with Crippen LogP contribution >= 0.6 is 0 Å². The molecule has 5 nitrogen and oxygen atoms in total. The molecule has 0 aliphatic carbocycles.